The van der Waals surface area contributed by atoms with Gasteiger partial charge in [-0.05, 0) is 48.0 Å². The Balaban J connectivity index is 2.04. The molecule has 0 saturated heterocycles. The largest absolute Gasteiger partial charge is 0.444 e. The van der Waals surface area contributed by atoms with E-state index in [9.17, 15) is 0 Å². The first kappa shape index (κ1) is 12.5. The molecule has 0 aliphatic heterocycles. The van der Waals surface area contributed by atoms with E-state index in [0.717, 1.165) is 21.6 Å². The lowest BCUT2D eigenvalue weighted by atomic mass is 10.3. The average molecular weight is 316 g/mol. The van der Waals surface area contributed by atoms with E-state index >= 15 is 0 Å². The molecule has 90 valence electrons. The van der Waals surface area contributed by atoms with Gasteiger partial charge in [-0.1, -0.05) is 11.6 Å². The van der Waals surface area contributed by atoms with Crippen LogP contribution in [0, 0.1) is 13.8 Å². The average Bonchev–Trinajstić information content (AvgIpc) is 2.60. The van der Waals surface area contributed by atoms with Gasteiger partial charge in [0.2, 0.25) is 5.89 Å². The number of aryl methyl sites for hydroxylation is 2. The van der Waals surface area contributed by atoms with Gasteiger partial charge in [0.05, 0.1) is 17.3 Å². The van der Waals surface area contributed by atoms with Crippen molar-refractivity contribution in [2.24, 2.45) is 0 Å². The molecule has 0 fully saturated rings. The summed E-state index contributed by atoms with van der Waals surface area (Å²) in [6, 6.07) is 5.67. The van der Waals surface area contributed by atoms with E-state index in [1.807, 2.05) is 32.0 Å². The van der Waals surface area contributed by atoms with Crippen LogP contribution in [0.4, 0.5) is 5.69 Å². The van der Waals surface area contributed by atoms with Crippen molar-refractivity contribution >= 4 is 33.2 Å². The third-order valence-electron chi connectivity index (χ3n) is 2.44. The van der Waals surface area contributed by atoms with Gasteiger partial charge in [-0.2, -0.15) is 0 Å². The maximum atomic E-state index is 5.92. The topological polar surface area (TPSA) is 38.1 Å². The van der Waals surface area contributed by atoms with Crippen LogP contribution in [0.25, 0.3) is 0 Å². The summed E-state index contributed by atoms with van der Waals surface area (Å²) in [4.78, 5) is 4.30. The molecule has 1 aromatic carbocycles. The van der Waals surface area contributed by atoms with Gasteiger partial charge in [-0.25, -0.2) is 4.98 Å². The molecule has 0 aliphatic carbocycles. The number of hydrogen-bond acceptors (Lipinski definition) is 3. The molecular formula is C12H12BrClN2O. The summed E-state index contributed by atoms with van der Waals surface area (Å²) in [6.07, 6.45) is 0. The number of benzene rings is 1. The molecule has 3 nitrogen and oxygen atoms in total. The number of rotatable bonds is 3. The Morgan fingerprint density at radius 3 is 2.76 bits per heavy atom. The van der Waals surface area contributed by atoms with Crippen LogP contribution in [0.1, 0.15) is 17.3 Å². The van der Waals surface area contributed by atoms with E-state index in [1.165, 1.54) is 0 Å². The number of hydrogen-bond donors (Lipinski definition) is 1. The highest BCUT2D eigenvalue weighted by Crippen LogP contribution is 2.25. The standard InChI is InChI=1S/C12H12BrClN2O/c1-7-8(2)17-12(16-7)6-15-9-3-4-11(14)10(13)5-9/h3-5,15H,6H2,1-2H3. The molecule has 0 amide bonds. The predicted octanol–water partition coefficient (Wildman–Crippen LogP) is 4.32. The summed E-state index contributed by atoms with van der Waals surface area (Å²) in [5.41, 5.74) is 1.90. The lowest BCUT2D eigenvalue weighted by molar-refractivity contribution is 0.478. The van der Waals surface area contributed by atoms with E-state index in [2.05, 4.69) is 26.2 Å². The molecule has 2 aromatic rings. The van der Waals surface area contributed by atoms with Crippen molar-refractivity contribution in [1.29, 1.82) is 0 Å². The summed E-state index contributed by atoms with van der Waals surface area (Å²) < 4.78 is 6.34. The molecule has 1 heterocycles. The predicted molar refractivity (Wildman–Crippen MR) is 72.5 cm³/mol. The van der Waals surface area contributed by atoms with Crippen LogP contribution in [-0.2, 0) is 6.54 Å². The number of nitrogens with zero attached hydrogens (tertiary/aromatic N) is 1. The summed E-state index contributed by atoms with van der Waals surface area (Å²) in [6.45, 7) is 4.40. The summed E-state index contributed by atoms with van der Waals surface area (Å²) in [7, 11) is 0. The van der Waals surface area contributed by atoms with Gasteiger partial charge in [-0.3, -0.25) is 0 Å². The highest BCUT2D eigenvalue weighted by molar-refractivity contribution is 9.10. The number of nitrogens with one attached hydrogen (secondary N) is 1. The van der Waals surface area contributed by atoms with Gasteiger partial charge in [0, 0.05) is 10.2 Å². The first-order valence-corrected chi connectivity index (χ1v) is 6.35. The molecule has 0 spiro atoms. The molecule has 5 heteroatoms. The van der Waals surface area contributed by atoms with Crippen LogP contribution in [0.15, 0.2) is 27.1 Å². The molecule has 0 radical (unpaired) electrons. The van der Waals surface area contributed by atoms with Crippen molar-refractivity contribution in [3.8, 4) is 0 Å². The van der Waals surface area contributed by atoms with Crippen molar-refractivity contribution < 1.29 is 4.42 Å². The van der Waals surface area contributed by atoms with Gasteiger partial charge in [-0.15, -0.1) is 0 Å². The molecule has 0 bridgehead atoms. The molecule has 0 unspecified atom stereocenters. The van der Waals surface area contributed by atoms with Crippen molar-refractivity contribution in [1.82, 2.24) is 4.98 Å². The Hall–Kier alpha value is -1.00. The molecule has 1 N–H and O–H groups in total. The fourth-order valence-corrected chi connectivity index (χ4v) is 1.89. The van der Waals surface area contributed by atoms with E-state index < -0.39 is 0 Å². The van der Waals surface area contributed by atoms with Gasteiger partial charge >= 0.3 is 0 Å². The van der Waals surface area contributed by atoms with Crippen LogP contribution in [0.5, 0.6) is 0 Å². The molecule has 0 aliphatic rings. The second kappa shape index (κ2) is 5.10. The zero-order chi connectivity index (χ0) is 12.4. The van der Waals surface area contributed by atoms with E-state index in [1.54, 1.807) is 0 Å². The van der Waals surface area contributed by atoms with Crippen molar-refractivity contribution in [2.75, 3.05) is 5.32 Å². The van der Waals surface area contributed by atoms with Crippen LogP contribution in [-0.4, -0.2) is 4.98 Å². The maximum absolute atomic E-state index is 5.92. The fourth-order valence-electron chi connectivity index (χ4n) is 1.40. The Labute approximate surface area is 113 Å². The second-order valence-electron chi connectivity index (χ2n) is 3.73. The molecule has 17 heavy (non-hydrogen) atoms. The van der Waals surface area contributed by atoms with Gasteiger partial charge in [0.25, 0.3) is 0 Å². The van der Waals surface area contributed by atoms with Crippen LogP contribution >= 0.6 is 27.5 Å². The monoisotopic (exact) mass is 314 g/mol. The molecular weight excluding hydrogens is 304 g/mol. The zero-order valence-corrected chi connectivity index (χ0v) is 11.9. The lowest BCUT2D eigenvalue weighted by Gasteiger charge is -2.05. The first-order valence-electron chi connectivity index (χ1n) is 5.18. The minimum Gasteiger partial charge on any atom is -0.444 e. The number of anilines is 1. The number of oxazole rings is 1. The van der Waals surface area contributed by atoms with Crippen molar-refractivity contribution in [3.63, 3.8) is 0 Å². The minimum atomic E-state index is 0.558. The fraction of sp³-hybridized carbons (Fsp3) is 0.250. The maximum Gasteiger partial charge on any atom is 0.213 e. The highest BCUT2D eigenvalue weighted by atomic mass is 79.9. The van der Waals surface area contributed by atoms with Gasteiger partial charge in [0.15, 0.2) is 0 Å². The SMILES string of the molecule is Cc1nc(CNc2ccc(Cl)c(Br)c2)oc1C. The highest BCUT2D eigenvalue weighted by Gasteiger charge is 2.05. The van der Waals surface area contributed by atoms with Crippen LogP contribution in [0.2, 0.25) is 5.02 Å². The Kier molecular flexibility index (Phi) is 3.74. The summed E-state index contributed by atoms with van der Waals surface area (Å²) in [5.74, 6) is 1.55. The third kappa shape index (κ3) is 3.01. The quantitative estimate of drug-likeness (QED) is 0.916. The molecule has 0 atom stereocenters. The molecule has 2 rings (SSSR count). The molecule has 0 saturated carbocycles. The number of aromatic nitrogens is 1. The zero-order valence-electron chi connectivity index (χ0n) is 9.55. The van der Waals surface area contributed by atoms with E-state index in [0.29, 0.717) is 17.5 Å². The van der Waals surface area contributed by atoms with Crippen molar-refractivity contribution in [3.05, 3.63) is 45.0 Å². The first-order chi connectivity index (χ1) is 8.06. The minimum absolute atomic E-state index is 0.558. The molecule has 1 aromatic heterocycles. The normalized spacial score (nSPS) is 10.6. The van der Waals surface area contributed by atoms with Gasteiger partial charge in [0.1, 0.15) is 5.76 Å². The Morgan fingerprint density at radius 2 is 2.18 bits per heavy atom. The van der Waals surface area contributed by atoms with E-state index in [4.69, 9.17) is 16.0 Å². The second-order valence-corrected chi connectivity index (χ2v) is 4.99. The summed E-state index contributed by atoms with van der Waals surface area (Å²) >= 11 is 9.29. The van der Waals surface area contributed by atoms with Crippen LogP contribution in [0.3, 0.4) is 0 Å². The summed E-state index contributed by atoms with van der Waals surface area (Å²) in [5, 5.41) is 3.92. The van der Waals surface area contributed by atoms with Crippen LogP contribution < -0.4 is 5.32 Å². The van der Waals surface area contributed by atoms with Gasteiger partial charge < -0.3 is 9.73 Å². The Bertz CT molecular complexity index is 520. The van der Waals surface area contributed by atoms with Crippen molar-refractivity contribution in [2.45, 2.75) is 20.4 Å². The Morgan fingerprint density at radius 1 is 1.41 bits per heavy atom. The number of halogens is 2. The lowest BCUT2D eigenvalue weighted by Crippen LogP contribution is -1.99. The third-order valence-corrected chi connectivity index (χ3v) is 3.65. The van der Waals surface area contributed by atoms with E-state index in [-0.39, 0.29) is 0 Å². The smallest absolute Gasteiger partial charge is 0.213 e.